The van der Waals surface area contributed by atoms with Gasteiger partial charge in [0.15, 0.2) is 23.8 Å². The second-order valence-electron chi connectivity index (χ2n) is 5.62. The van der Waals surface area contributed by atoms with Crippen molar-refractivity contribution in [1.82, 2.24) is 0 Å². The summed E-state index contributed by atoms with van der Waals surface area (Å²) in [5.41, 5.74) is 1.17. The molecule has 0 radical (unpaired) electrons. The van der Waals surface area contributed by atoms with E-state index in [1.165, 1.54) is 6.08 Å². The van der Waals surface area contributed by atoms with Gasteiger partial charge in [-0.15, -0.1) is 0 Å². The van der Waals surface area contributed by atoms with Crippen LogP contribution in [0.5, 0.6) is 17.2 Å². The average molecular weight is 367 g/mol. The van der Waals surface area contributed by atoms with Gasteiger partial charge in [0.1, 0.15) is 5.75 Å². The molecule has 8 nitrogen and oxygen atoms in total. The van der Waals surface area contributed by atoms with Crippen molar-refractivity contribution in [2.75, 3.05) is 13.4 Å². The van der Waals surface area contributed by atoms with E-state index in [0.29, 0.717) is 28.4 Å². The van der Waals surface area contributed by atoms with Crippen LogP contribution in [0.1, 0.15) is 11.1 Å². The predicted octanol–water partition coefficient (Wildman–Crippen LogP) is 2.22. The van der Waals surface area contributed by atoms with Gasteiger partial charge in [0.2, 0.25) is 12.7 Å². The molecule has 0 spiro atoms. The molecular formula is C19H13NO7. The lowest BCUT2D eigenvalue weighted by atomic mass is 10.1. The topological polar surface area (TPSA) is 104 Å². The minimum Gasteiger partial charge on any atom is -0.481 e. The van der Waals surface area contributed by atoms with Gasteiger partial charge in [-0.2, -0.15) is 0 Å². The normalized spacial score (nSPS) is 16.2. The lowest BCUT2D eigenvalue weighted by Gasteiger charge is -2.06. The van der Waals surface area contributed by atoms with Gasteiger partial charge in [-0.05, 0) is 30.3 Å². The molecule has 0 amide bonds. The van der Waals surface area contributed by atoms with Crippen LogP contribution >= 0.6 is 0 Å². The Morgan fingerprint density at radius 2 is 2.00 bits per heavy atom. The number of carboxylic acid groups (broad SMARTS) is 1. The van der Waals surface area contributed by atoms with Crippen molar-refractivity contribution in [3.05, 3.63) is 59.3 Å². The Balaban J connectivity index is 1.63. The third-order valence-corrected chi connectivity index (χ3v) is 3.80. The van der Waals surface area contributed by atoms with Crippen molar-refractivity contribution in [1.29, 1.82) is 0 Å². The van der Waals surface area contributed by atoms with Crippen molar-refractivity contribution >= 4 is 23.9 Å². The Hall–Kier alpha value is -3.81. The van der Waals surface area contributed by atoms with Crippen molar-refractivity contribution in [3.63, 3.8) is 0 Å². The van der Waals surface area contributed by atoms with Crippen LogP contribution in [-0.2, 0) is 14.3 Å². The highest BCUT2D eigenvalue weighted by molar-refractivity contribution is 6.13. The van der Waals surface area contributed by atoms with Gasteiger partial charge < -0.3 is 24.1 Å². The van der Waals surface area contributed by atoms with Gasteiger partial charge in [0.05, 0.1) is 0 Å². The maximum atomic E-state index is 12.2. The smallest absolute Gasteiger partial charge is 0.363 e. The number of benzene rings is 2. The lowest BCUT2D eigenvalue weighted by Crippen LogP contribution is -2.10. The molecule has 0 aromatic heterocycles. The number of carbonyl (C=O) groups is 2. The summed E-state index contributed by atoms with van der Waals surface area (Å²) in [5, 5.41) is 8.76. The van der Waals surface area contributed by atoms with Gasteiger partial charge in [-0.1, -0.05) is 18.2 Å². The fraction of sp³-hybridized carbons (Fsp3) is 0.105. The summed E-state index contributed by atoms with van der Waals surface area (Å²) in [5.74, 6) is -0.0722. The van der Waals surface area contributed by atoms with E-state index in [1.807, 2.05) is 0 Å². The highest BCUT2D eigenvalue weighted by Crippen LogP contribution is 2.33. The van der Waals surface area contributed by atoms with Crippen LogP contribution in [0.3, 0.4) is 0 Å². The number of fused-ring (bicyclic) bond motifs is 1. The summed E-state index contributed by atoms with van der Waals surface area (Å²) in [6, 6.07) is 11.8. The standard InChI is InChI=1S/C19H13NO7/c21-17(22)9-24-14-4-2-1-3-11(14)7-13-19(23)27-18(20-13)12-5-6-15-16(8-12)26-10-25-15/h1-8H,9-10H2,(H,21,22)/b13-7-. The number of rotatable bonds is 5. The van der Waals surface area contributed by atoms with Gasteiger partial charge in [-0.3, -0.25) is 0 Å². The molecule has 136 valence electrons. The number of para-hydroxylation sites is 1. The summed E-state index contributed by atoms with van der Waals surface area (Å²) in [7, 11) is 0. The zero-order chi connectivity index (χ0) is 18.8. The fourth-order valence-electron chi connectivity index (χ4n) is 2.58. The highest BCUT2D eigenvalue weighted by atomic mass is 16.7. The quantitative estimate of drug-likeness (QED) is 0.638. The number of aliphatic imine (C=N–C) groups is 1. The largest absolute Gasteiger partial charge is 0.481 e. The monoisotopic (exact) mass is 367 g/mol. The molecular weight excluding hydrogens is 354 g/mol. The Bertz CT molecular complexity index is 993. The zero-order valence-corrected chi connectivity index (χ0v) is 13.9. The van der Waals surface area contributed by atoms with Crippen LogP contribution in [0.15, 0.2) is 53.2 Å². The minimum absolute atomic E-state index is 0.0778. The number of aliphatic carboxylic acids is 1. The first-order valence-electron chi connectivity index (χ1n) is 7.96. The maximum absolute atomic E-state index is 12.2. The third-order valence-electron chi connectivity index (χ3n) is 3.80. The minimum atomic E-state index is -1.10. The molecule has 8 heteroatoms. The van der Waals surface area contributed by atoms with Gasteiger partial charge in [0, 0.05) is 11.1 Å². The average Bonchev–Trinajstić information content (AvgIpc) is 3.27. The van der Waals surface area contributed by atoms with Crippen molar-refractivity contribution < 1.29 is 33.6 Å². The zero-order valence-electron chi connectivity index (χ0n) is 13.9. The molecule has 0 atom stereocenters. The number of esters is 1. The summed E-state index contributed by atoms with van der Waals surface area (Å²) in [6.07, 6.45) is 1.49. The number of cyclic esters (lactones) is 1. The Morgan fingerprint density at radius 1 is 1.19 bits per heavy atom. The molecule has 2 aromatic rings. The van der Waals surface area contributed by atoms with Gasteiger partial charge in [-0.25, -0.2) is 14.6 Å². The van der Waals surface area contributed by atoms with E-state index in [4.69, 9.17) is 24.1 Å². The molecule has 2 aliphatic heterocycles. The number of nitrogens with zero attached hydrogens (tertiary/aromatic N) is 1. The van der Waals surface area contributed by atoms with Crippen molar-refractivity contribution in [3.8, 4) is 17.2 Å². The van der Waals surface area contributed by atoms with E-state index in [0.717, 1.165) is 0 Å². The van der Waals surface area contributed by atoms with E-state index >= 15 is 0 Å². The maximum Gasteiger partial charge on any atom is 0.363 e. The van der Waals surface area contributed by atoms with Crippen LogP contribution < -0.4 is 14.2 Å². The summed E-state index contributed by atoms with van der Waals surface area (Å²) in [6.45, 7) is -0.348. The molecule has 2 aliphatic rings. The first-order valence-corrected chi connectivity index (χ1v) is 7.96. The highest BCUT2D eigenvalue weighted by Gasteiger charge is 2.26. The van der Waals surface area contributed by atoms with Crippen molar-refractivity contribution in [2.45, 2.75) is 0 Å². The van der Waals surface area contributed by atoms with Crippen LogP contribution in [0.25, 0.3) is 6.08 Å². The molecule has 0 aliphatic carbocycles. The number of ether oxygens (including phenoxy) is 4. The van der Waals surface area contributed by atoms with E-state index in [2.05, 4.69) is 4.99 Å². The van der Waals surface area contributed by atoms with E-state index in [-0.39, 0.29) is 18.4 Å². The van der Waals surface area contributed by atoms with E-state index in [1.54, 1.807) is 42.5 Å². The molecule has 0 fully saturated rings. The fourth-order valence-corrected chi connectivity index (χ4v) is 2.58. The SMILES string of the molecule is O=C(O)COc1ccccc1/C=C1\N=C(c2ccc3c(c2)OCO3)OC1=O. The summed E-state index contributed by atoms with van der Waals surface area (Å²) < 4.78 is 21.0. The summed E-state index contributed by atoms with van der Waals surface area (Å²) >= 11 is 0. The van der Waals surface area contributed by atoms with Crippen molar-refractivity contribution in [2.24, 2.45) is 4.99 Å². The Kier molecular flexibility index (Phi) is 4.21. The first-order chi connectivity index (χ1) is 13.1. The Labute approximate surface area is 153 Å². The van der Waals surface area contributed by atoms with Crippen LogP contribution in [0.2, 0.25) is 0 Å². The molecule has 2 heterocycles. The molecule has 0 unspecified atom stereocenters. The molecule has 2 aromatic carbocycles. The van der Waals surface area contributed by atoms with Crippen LogP contribution in [-0.4, -0.2) is 36.3 Å². The van der Waals surface area contributed by atoms with Gasteiger partial charge in [0.25, 0.3) is 0 Å². The van der Waals surface area contributed by atoms with E-state index < -0.39 is 18.5 Å². The Morgan fingerprint density at radius 3 is 2.85 bits per heavy atom. The molecule has 0 saturated carbocycles. The molecule has 4 rings (SSSR count). The first kappa shape index (κ1) is 16.6. The van der Waals surface area contributed by atoms with E-state index in [9.17, 15) is 9.59 Å². The number of carboxylic acids is 1. The van der Waals surface area contributed by atoms with Crippen LogP contribution in [0.4, 0.5) is 0 Å². The predicted molar refractivity (Wildman–Crippen MR) is 92.7 cm³/mol. The number of hydrogen-bond acceptors (Lipinski definition) is 7. The molecule has 1 N–H and O–H groups in total. The van der Waals surface area contributed by atoms with Crippen LogP contribution in [0, 0.1) is 0 Å². The second-order valence-corrected chi connectivity index (χ2v) is 5.62. The third kappa shape index (κ3) is 3.45. The summed E-state index contributed by atoms with van der Waals surface area (Å²) in [4.78, 5) is 27.1. The molecule has 0 bridgehead atoms. The number of carbonyl (C=O) groups excluding carboxylic acids is 1. The van der Waals surface area contributed by atoms with Gasteiger partial charge >= 0.3 is 11.9 Å². The second kappa shape index (κ2) is 6.83. The molecule has 0 saturated heterocycles. The lowest BCUT2D eigenvalue weighted by molar-refractivity contribution is -0.139. The molecule has 27 heavy (non-hydrogen) atoms. The number of hydrogen-bond donors (Lipinski definition) is 1.